The van der Waals surface area contributed by atoms with E-state index in [1.807, 2.05) is 32.2 Å². The van der Waals surface area contributed by atoms with Crippen molar-refractivity contribution in [2.45, 2.75) is 32.4 Å². The molecule has 4 nitrogen and oxygen atoms in total. The summed E-state index contributed by atoms with van der Waals surface area (Å²) in [6, 6.07) is 8.10. The van der Waals surface area contributed by atoms with Gasteiger partial charge in [0, 0.05) is 24.2 Å². The number of fused-ring (bicyclic) bond motifs is 1. The molecule has 1 aromatic carbocycles. The second-order valence-corrected chi connectivity index (χ2v) is 6.69. The van der Waals surface area contributed by atoms with Gasteiger partial charge >= 0.3 is 0 Å². The molecular weight excluding hydrogens is 282 g/mol. The molecule has 2 unspecified atom stereocenters. The Bertz CT molecular complexity index is 652. The Balaban J connectivity index is 1.74. The monoisotopic (exact) mass is 301 g/mol. The van der Waals surface area contributed by atoms with Crippen LogP contribution in [-0.4, -0.2) is 17.4 Å². The molecule has 0 aliphatic carbocycles. The number of aryl methyl sites for hydroxylation is 1. The van der Waals surface area contributed by atoms with Crippen LogP contribution in [-0.2, 0) is 11.3 Å². The van der Waals surface area contributed by atoms with Crippen molar-refractivity contribution in [1.82, 2.24) is 15.6 Å². The lowest BCUT2D eigenvalue weighted by Crippen LogP contribution is -2.39. The molecule has 0 saturated carbocycles. The van der Waals surface area contributed by atoms with Crippen molar-refractivity contribution in [1.29, 1.82) is 0 Å². The zero-order valence-electron chi connectivity index (χ0n) is 12.2. The van der Waals surface area contributed by atoms with E-state index in [2.05, 4.69) is 27.8 Å². The molecule has 2 atom stereocenters. The summed E-state index contributed by atoms with van der Waals surface area (Å²) in [7, 11) is 0. The SMILES string of the molecule is Cc1cnc(C(C)NC(=O)C2CNCc3ccccc32)s1. The van der Waals surface area contributed by atoms with Gasteiger partial charge in [0.15, 0.2) is 0 Å². The molecule has 1 aliphatic rings. The molecule has 5 heteroatoms. The van der Waals surface area contributed by atoms with Gasteiger partial charge in [-0.3, -0.25) is 4.79 Å². The van der Waals surface area contributed by atoms with Gasteiger partial charge in [0.05, 0.1) is 12.0 Å². The first kappa shape index (κ1) is 14.2. The molecule has 2 aromatic rings. The van der Waals surface area contributed by atoms with Gasteiger partial charge in [-0.15, -0.1) is 11.3 Å². The fourth-order valence-electron chi connectivity index (χ4n) is 2.68. The maximum absolute atomic E-state index is 12.6. The third-order valence-corrected chi connectivity index (χ3v) is 4.87. The van der Waals surface area contributed by atoms with Crippen LogP contribution in [0.3, 0.4) is 0 Å². The molecular formula is C16H19N3OS. The van der Waals surface area contributed by atoms with Gasteiger partial charge in [0.2, 0.25) is 5.91 Å². The molecule has 0 radical (unpaired) electrons. The lowest BCUT2D eigenvalue weighted by atomic mass is 9.90. The van der Waals surface area contributed by atoms with Gasteiger partial charge in [0.25, 0.3) is 0 Å². The van der Waals surface area contributed by atoms with E-state index in [9.17, 15) is 4.79 Å². The van der Waals surface area contributed by atoms with Gasteiger partial charge in [-0.25, -0.2) is 4.98 Å². The molecule has 1 amide bonds. The summed E-state index contributed by atoms with van der Waals surface area (Å²) in [6.45, 7) is 5.53. The maximum Gasteiger partial charge on any atom is 0.229 e. The molecule has 0 saturated heterocycles. The Labute approximate surface area is 128 Å². The summed E-state index contributed by atoms with van der Waals surface area (Å²) in [5.41, 5.74) is 2.35. The quantitative estimate of drug-likeness (QED) is 0.916. The van der Waals surface area contributed by atoms with Crippen molar-refractivity contribution in [2.24, 2.45) is 0 Å². The van der Waals surface area contributed by atoms with Crippen LogP contribution in [0, 0.1) is 6.92 Å². The van der Waals surface area contributed by atoms with Crippen molar-refractivity contribution >= 4 is 17.2 Å². The lowest BCUT2D eigenvalue weighted by Gasteiger charge is -2.26. The average Bonchev–Trinajstić information content (AvgIpc) is 2.93. The molecule has 1 aromatic heterocycles. The van der Waals surface area contributed by atoms with Gasteiger partial charge in [-0.05, 0) is 25.0 Å². The number of rotatable bonds is 3. The van der Waals surface area contributed by atoms with Crippen molar-refractivity contribution in [3.05, 3.63) is 51.5 Å². The summed E-state index contributed by atoms with van der Waals surface area (Å²) < 4.78 is 0. The number of carbonyl (C=O) groups is 1. The van der Waals surface area contributed by atoms with E-state index in [1.165, 1.54) is 5.56 Å². The highest BCUT2D eigenvalue weighted by atomic mass is 32.1. The van der Waals surface area contributed by atoms with Crippen molar-refractivity contribution in [2.75, 3.05) is 6.54 Å². The van der Waals surface area contributed by atoms with Crippen molar-refractivity contribution in [3.8, 4) is 0 Å². The summed E-state index contributed by atoms with van der Waals surface area (Å²) in [5, 5.41) is 7.36. The number of nitrogens with one attached hydrogen (secondary N) is 2. The number of amides is 1. The minimum atomic E-state index is -0.126. The Morgan fingerprint density at radius 2 is 2.29 bits per heavy atom. The van der Waals surface area contributed by atoms with Gasteiger partial charge in [-0.2, -0.15) is 0 Å². The molecule has 3 rings (SSSR count). The number of hydrogen-bond donors (Lipinski definition) is 2. The van der Waals surface area contributed by atoms with E-state index in [4.69, 9.17) is 0 Å². The minimum Gasteiger partial charge on any atom is -0.347 e. The Hall–Kier alpha value is -1.72. The standard InChI is InChI=1S/C16H19N3OS/c1-10-7-18-16(21-10)11(2)19-15(20)14-9-17-8-12-5-3-4-6-13(12)14/h3-7,11,14,17H,8-9H2,1-2H3,(H,19,20). The molecule has 2 N–H and O–H groups in total. The first-order chi connectivity index (χ1) is 10.1. The molecule has 0 spiro atoms. The molecule has 110 valence electrons. The van der Waals surface area contributed by atoms with E-state index in [1.54, 1.807) is 11.3 Å². The Kier molecular flexibility index (Phi) is 4.03. The van der Waals surface area contributed by atoms with E-state index in [0.29, 0.717) is 6.54 Å². The highest BCUT2D eigenvalue weighted by Crippen LogP contribution is 2.25. The molecule has 21 heavy (non-hydrogen) atoms. The zero-order valence-corrected chi connectivity index (χ0v) is 13.0. The van der Waals surface area contributed by atoms with Gasteiger partial charge < -0.3 is 10.6 Å². The smallest absolute Gasteiger partial charge is 0.229 e. The van der Waals surface area contributed by atoms with Crippen LogP contribution in [0.2, 0.25) is 0 Å². The topological polar surface area (TPSA) is 54.0 Å². The average molecular weight is 301 g/mol. The number of thiazole rings is 1. The number of carbonyl (C=O) groups excluding carboxylic acids is 1. The van der Waals surface area contributed by atoms with Gasteiger partial charge in [0.1, 0.15) is 5.01 Å². The summed E-state index contributed by atoms with van der Waals surface area (Å²) in [4.78, 5) is 18.1. The fraction of sp³-hybridized carbons (Fsp3) is 0.375. The Morgan fingerprint density at radius 3 is 3.05 bits per heavy atom. The number of hydrogen-bond acceptors (Lipinski definition) is 4. The summed E-state index contributed by atoms with van der Waals surface area (Å²) in [5.74, 6) is -0.0616. The second kappa shape index (κ2) is 5.95. The van der Waals surface area contributed by atoms with Crippen LogP contribution in [0.4, 0.5) is 0 Å². The van der Waals surface area contributed by atoms with E-state index in [0.717, 1.165) is 22.0 Å². The summed E-state index contributed by atoms with van der Waals surface area (Å²) >= 11 is 1.63. The summed E-state index contributed by atoms with van der Waals surface area (Å²) in [6.07, 6.45) is 1.85. The lowest BCUT2D eigenvalue weighted by molar-refractivity contribution is -0.123. The van der Waals surface area contributed by atoms with E-state index in [-0.39, 0.29) is 17.9 Å². The predicted molar refractivity (Wildman–Crippen MR) is 84.3 cm³/mol. The highest BCUT2D eigenvalue weighted by molar-refractivity contribution is 7.11. The zero-order chi connectivity index (χ0) is 14.8. The van der Waals surface area contributed by atoms with Crippen LogP contribution in [0.5, 0.6) is 0 Å². The first-order valence-corrected chi connectivity index (χ1v) is 7.98. The largest absolute Gasteiger partial charge is 0.347 e. The fourth-order valence-corrected chi connectivity index (χ4v) is 3.45. The third kappa shape index (κ3) is 2.99. The van der Waals surface area contributed by atoms with Crippen molar-refractivity contribution in [3.63, 3.8) is 0 Å². The maximum atomic E-state index is 12.6. The van der Waals surface area contributed by atoms with Crippen LogP contribution in [0.15, 0.2) is 30.5 Å². The predicted octanol–water partition coefficient (Wildman–Crippen LogP) is 2.52. The van der Waals surface area contributed by atoms with Crippen LogP contribution in [0.25, 0.3) is 0 Å². The molecule has 0 bridgehead atoms. The minimum absolute atomic E-state index is 0.0507. The van der Waals surface area contributed by atoms with Crippen LogP contribution < -0.4 is 10.6 Å². The van der Waals surface area contributed by atoms with E-state index >= 15 is 0 Å². The van der Waals surface area contributed by atoms with Crippen LogP contribution >= 0.6 is 11.3 Å². The van der Waals surface area contributed by atoms with Crippen LogP contribution in [0.1, 0.15) is 39.9 Å². The first-order valence-electron chi connectivity index (χ1n) is 7.16. The Morgan fingerprint density at radius 1 is 1.48 bits per heavy atom. The highest BCUT2D eigenvalue weighted by Gasteiger charge is 2.27. The molecule has 0 fully saturated rings. The van der Waals surface area contributed by atoms with Gasteiger partial charge in [-0.1, -0.05) is 24.3 Å². The van der Waals surface area contributed by atoms with Crippen molar-refractivity contribution < 1.29 is 4.79 Å². The number of benzene rings is 1. The third-order valence-electron chi connectivity index (χ3n) is 3.78. The molecule has 2 heterocycles. The number of aromatic nitrogens is 1. The normalized spacial score (nSPS) is 18.9. The van der Waals surface area contributed by atoms with E-state index < -0.39 is 0 Å². The molecule has 1 aliphatic heterocycles. The second-order valence-electron chi connectivity index (χ2n) is 5.42. The number of nitrogens with zero attached hydrogens (tertiary/aromatic N) is 1.